The number of thiophene rings is 1. The van der Waals surface area contributed by atoms with Crippen LogP contribution in [0, 0.1) is 0 Å². The largest absolute Gasteiger partial charge is 0.454 e. The Morgan fingerprint density at radius 3 is 2.52 bits per heavy atom. The van der Waals surface area contributed by atoms with E-state index in [4.69, 9.17) is 9.47 Å². The predicted octanol–water partition coefficient (Wildman–Crippen LogP) is 3.40. The molecule has 3 rings (SSSR count). The molecule has 0 saturated heterocycles. The summed E-state index contributed by atoms with van der Waals surface area (Å²) < 4.78 is 10.8. The lowest BCUT2D eigenvalue weighted by molar-refractivity contribution is -0.133. The minimum Gasteiger partial charge on any atom is -0.454 e. The minimum absolute atomic E-state index is 0.0323. The number of ether oxygens (including phenoxy) is 2. The average molecular weight is 418 g/mol. The number of carbonyl (C=O) groups is 2. The summed E-state index contributed by atoms with van der Waals surface area (Å²) in [4.78, 5) is 31.7. The van der Waals surface area contributed by atoms with Gasteiger partial charge in [0.05, 0.1) is 6.54 Å². The van der Waals surface area contributed by atoms with Crippen molar-refractivity contribution in [2.45, 2.75) is 33.0 Å². The van der Waals surface area contributed by atoms with Crippen LogP contribution in [0.15, 0.2) is 35.7 Å². The highest BCUT2D eigenvalue weighted by molar-refractivity contribution is 7.09. The molecule has 7 nitrogen and oxygen atoms in total. The molecular formula is C21H27N3O4S. The van der Waals surface area contributed by atoms with Gasteiger partial charge in [-0.25, -0.2) is 4.79 Å². The van der Waals surface area contributed by atoms with Crippen LogP contribution < -0.4 is 9.47 Å². The molecule has 0 aliphatic carbocycles. The number of nitrogens with zero attached hydrogens (tertiary/aromatic N) is 3. The van der Waals surface area contributed by atoms with Gasteiger partial charge < -0.3 is 24.2 Å². The van der Waals surface area contributed by atoms with E-state index in [2.05, 4.69) is 0 Å². The third-order valence-electron chi connectivity index (χ3n) is 4.65. The van der Waals surface area contributed by atoms with Crippen LogP contribution in [0.2, 0.25) is 0 Å². The Hall–Kier alpha value is -2.74. The van der Waals surface area contributed by atoms with E-state index in [9.17, 15) is 9.59 Å². The Morgan fingerprint density at radius 1 is 1.10 bits per heavy atom. The zero-order valence-corrected chi connectivity index (χ0v) is 18.1. The van der Waals surface area contributed by atoms with Gasteiger partial charge in [0.2, 0.25) is 12.7 Å². The molecular weight excluding hydrogens is 390 g/mol. The minimum atomic E-state index is -0.174. The van der Waals surface area contributed by atoms with Crippen LogP contribution in [-0.4, -0.2) is 60.1 Å². The van der Waals surface area contributed by atoms with Gasteiger partial charge in [-0.05, 0) is 43.0 Å². The maximum atomic E-state index is 13.2. The smallest absolute Gasteiger partial charge is 0.320 e. The van der Waals surface area contributed by atoms with Gasteiger partial charge in [0, 0.05) is 31.6 Å². The third-order valence-corrected chi connectivity index (χ3v) is 5.51. The van der Waals surface area contributed by atoms with Gasteiger partial charge >= 0.3 is 6.03 Å². The molecule has 1 aliphatic heterocycles. The lowest BCUT2D eigenvalue weighted by Gasteiger charge is -2.31. The molecule has 0 bridgehead atoms. The van der Waals surface area contributed by atoms with Crippen molar-refractivity contribution in [3.8, 4) is 11.5 Å². The normalized spacial score (nSPS) is 12.2. The molecule has 1 aromatic carbocycles. The van der Waals surface area contributed by atoms with E-state index in [0.29, 0.717) is 24.6 Å². The first-order valence-corrected chi connectivity index (χ1v) is 10.4. The molecule has 0 spiro atoms. The van der Waals surface area contributed by atoms with E-state index in [0.717, 1.165) is 10.4 Å². The first kappa shape index (κ1) is 21.0. The van der Waals surface area contributed by atoms with Gasteiger partial charge in [-0.15, -0.1) is 11.3 Å². The molecule has 1 aromatic heterocycles. The summed E-state index contributed by atoms with van der Waals surface area (Å²) in [6.45, 7) is 4.99. The topological polar surface area (TPSA) is 62.3 Å². The molecule has 0 radical (unpaired) electrons. The number of benzene rings is 1. The van der Waals surface area contributed by atoms with Crippen LogP contribution in [0.3, 0.4) is 0 Å². The molecule has 0 fully saturated rings. The number of carbonyl (C=O) groups excluding carboxylic acids is 2. The second-order valence-corrected chi connectivity index (χ2v) is 8.45. The zero-order valence-electron chi connectivity index (χ0n) is 17.3. The van der Waals surface area contributed by atoms with Gasteiger partial charge in [0.25, 0.3) is 0 Å². The van der Waals surface area contributed by atoms with Crippen LogP contribution in [0.5, 0.6) is 11.5 Å². The number of hydrogen-bond donors (Lipinski definition) is 0. The fraction of sp³-hybridized carbons (Fsp3) is 0.429. The molecule has 0 saturated carbocycles. The first-order valence-electron chi connectivity index (χ1n) is 9.51. The molecule has 0 atom stereocenters. The van der Waals surface area contributed by atoms with Crippen molar-refractivity contribution >= 4 is 23.3 Å². The summed E-state index contributed by atoms with van der Waals surface area (Å²) in [7, 11) is 3.39. The lowest BCUT2D eigenvalue weighted by atomic mass is 10.2. The van der Waals surface area contributed by atoms with Gasteiger partial charge in [-0.2, -0.15) is 0 Å². The molecule has 1 aliphatic rings. The Balaban J connectivity index is 1.78. The third kappa shape index (κ3) is 5.20. The van der Waals surface area contributed by atoms with Crippen molar-refractivity contribution in [1.29, 1.82) is 0 Å². The molecule has 0 N–H and O–H groups in total. The van der Waals surface area contributed by atoms with Crippen molar-refractivity contribution in [3.63, 3.8) is 0 Å². The SMILES string of the molecule is CC(C)N(CC(=O)N(Cc1ccc2c(c1)OCO2)Cc1cccs1)C(=O)N(C)C. The maximum Gasteiger partial charge on any atom is 0.320 e. The average Bonchev–Trinajstić information content (AvgIpc) is 3.35. The van der Waals surface area contributed by atoms with Gasteiger partial charge in [0.15, 0.2) is 11.5 Å². The van der Waals surface area contributed by atoms with Crippen molar-refractivity contribution in [2.75, 3.05) is 27.4 Å². The highest BCUT2D eigenvalue weighted by Gasteiger charge is 2.25. The van der Waals surface area contributed by atoms with Gasteiger partial charge in [0.1, 0.15) is 6.54 Å². The van der Waals surface area contributed by atoms with Crippen LogP contribution in [0.1, 0.15) is 24.3 Å². The highest BCUT2D eigenvalue weighted by Crippen LogP contribution is 2.33. The number of hydrogen-bond acceptors (Lipinski definition) is 5. The number of amides is 3. The van der Waals surface area contributed by atoms with E-state index in [1.54, 1.807) is 35.2 Å². The summed E-state index contributed by atoms with van der Waals surface area (Å²) in [6, 6.07) is 9.43. The summed E-state index contributed by atoms with van der Waals surface area (Å²) in [5, 5.41) is 1.99. The van der Waals surface area contributed by atoms with E-state index in [1.807, 2.05) is 49.6 Å². The second kappa shape index (κ2) is 9.17. The molecule has 2 heterocycles. The number of fused-ring (bicyclic) bond motifs is 1. The monoisotopic (exact) mass is 417 g/mol. The highest BCUT2D eigenvalue weighted by atomic mass is 32.1. The van der Waals surface area contributed by atoms with E-state index in [-0.39, 0.29) is 31.3 Å². The van der Waals surface area contributed by atoms with E-state index < -0.39 is 0 Å². The Morgan fingerprint density at radius 2 is 1.86 bits per heavy atom. The molecule has 3 amide bonds. The zero-order chi connectivity index (χ0) is 21.0. The molecule has 29 heavy (non-hydrogen) atoms. The predicted molar refractivity (Wildman–Crippen MR) is 112 cm³/mol. The molecule has 2 aromatic rings. The molecule has 8 heteroatoms. The number of urea groups is 1. The van der Waals surface area contributed by atoms with Gasteiger partial charge in [-0.1, -0.05) is 12.1 Å². The first-order chi connectivity index (χ1) is 13.8. The fourth-order valence-corrected chi connectivity index (χ4v) is 3.78. The van der Waals surface area contributed by atoms with Crippen LogP contribution in [-0.2, 0) is 17.9 Å². The number of rotatable bonds is 7. The van der Waals surface area contributed by atoms with E-state index in [1.165, 1.54) is 4.90 Å². The molecule has 156 valence electrons. The van der Waals surface area contributed by atoms with Crippen molar-refractivity contribution in [2.24, 2.45) is 0 Å². The van der Waals surface area contributed by atoms with Crippen LogP contribution in [0.4, 0.5) is 4.79 Å². The van der Waals surface area contributed by atoms with Crippen molar-refractivity contribution in [3.05, 3.63) is 46.2 Å². The van der Waals surface area contributed by atoms with Crippen molar-refractivity contribution < 1.29 is 19.1 Å². The van der Waals surface area contributed by atoms with E-state index >= 15 is 0 Å². The fourth-order valence-electron chi connectivity index (χ4n) is 3.06. The van der Waals surface area contributed by atoms with Crippen LogP contribution >= 0.6 is 11.3 Å². The van der Waals surface area contributed by atoms with Crippen molar-refractivity contribution in [1.82, 2.24) is 14.7 Å². The molecule has 0 unspecified atom stereocenters. The standard InChI is InChI=1S/C21H27N3O4S/c1-15(2)24(21(26)22(3)4)13-20(25)23(12-17-6-5-9-29-17)11-16-7-8-18-19(10-16)28-14-27-18/h5-10,15H,11-14H2,1-4H3. The van der Waals surface area contributed by atoms with Gasteiger partial charge in [-0.3, -0.25) is 4.79 Å². The lowest BCUT2D eigenvalue weighted by Crippen LogP contribution is -2.48. The summed E-state index contributed by atoms with van der Waals surface area (Å²) in [5.74, 6) is 1.31. The Bertz CT molecular complexity index is 852. The quantitative estimate of drug-likeness (QED) is 0.693. The second-order valence-electron chi connectivity index (χ2n) is 7.42. The summed E-state index contributed by atoms with van der Waals surface area (Å²) in [5.41, 5.74) is 0.953. The maximum absolute atomic E-state index is 13.2. The Kier molecular flexibility index (Phi) is 6.64. The summed E-state index contributed by atoms with van der Waals surface area (Å²) in [6.07, 6.45) is 0. The van der Waals surface area contributed by atoms with Crippen LogP contribution in [0.25, 0.3) is 0 Å². The summed E-state index contributed by atoms with van der Waals surface area (Å²) >= 11 is 1.61. The Labute approximate surface area is 175 Å².